The first-order valence-corrected chi connectivity index (χ1v) is 6.89. The summed E-state index contributed by atoms with van der Waals surface area (Å²) in [4.78, 5) is 15.4. The zero-order chi connectivity index (χ0) is 15.6. The van der Waals surface area contributed by atoms with E-state index in [1.54, 1.807) is 6.07 Å². The van der Waals surface area contributed by atoms with Crippen molar-refractivity contribution in [3.8, 4) is 5.75 Å². The summed E-state index contributed by atoms with van der Waals surface area (Å²) < 4.78 is 5.28. The first-order chi connectivity index (χ1) is 9.99. The molecule has 0 bridgehead atoms. The summed E-state index contributed by atoms with van der Waals surface area (Å²) in [6.07, 6.45) is 0. The van der Waals surface area contributed by atoms with Crippen molar-refractivity contribution in [2.45, 2.75) is 26.7 Å². The lowest BCUT2D eigenvalue weighted by Crippen LogP contribution is -2.06. The molecular weight excluding hydrogens is 270 g/mol. The molecule has 0 aliphatic rings. The van der Waals surface area contributed by atoms with Crippen molar-refractivity contribution < 1.29 is 9.66 Å². The summed E-state index contributed by atoms with van der Waals surface area (Å²) in [5.74, 6) is 1.49. The number of nitro groups is 1. The average Bonchev–Trinajstić information content (AvgIpc) is 2.45. The van der Waals surface area contributed by atoms with Crippen LogP contribution in [0.1, 0.15) is 32.3 Å². The summed E-state index contributed by atoms with van der Waals surface area (Å²) in [6, 6.07) is 4.88. The van der Waals surface area contributed by atoms with Crippen molar-refractivity contribution in [3.05, 3.63) is 33.9 Å². The number of benzene rings is 1. The van der Waals surface area contributed by atoms with Gasteiger partial charge in [0.2, 0.25) is 0 Å². The van der Waals surface area contributed by atoms with Gasteiger partial charge in [-0.25, -0.2) is 4.98 Å². The van der Waals surface area contributed by atoms with E-state index in [0.29, 0.717) is 16.7 Å². The van der Waals surface area contributed by atoms with Crippen LogP contribution in [0.4, 0.5) is 11.5 Å². The van der Waals surface area contributed by atoms with Crippen LogP contribution in [0.5, 0.6) is 5.75 Å². The number of fused-ring (bicyclic) bond motifs is 1. The molecule has 1 N–H and O–H groups in total. The summed E-state index contributed by atoms with van der Waals surface area (Å²) in [6.45, 7) is 6.79. The van der Waals surface area contributed by atoms with Gasteiger partial charge in [-0.05, 0) is 30.5 Å². The van der Waals surface area contributed by atoms with Crippen LogP contribution in [0.15, 0.2) is 18.2 Å². The Labute approximate surface area is 123 Å². The molecule has 0 saturated carbocycles. The number of hydrogen-bond donors (Lipinski definition) is 1. The highest BCUT2D eigenvalue weighted by atomic mass is 16.6. The van der Waals surface area contributed by atoms with Gasteiger partial charge in [-0.3, -0.25) is 10.1 Å². The molecule has 6 heteroatoms. The molecule has 6 nitrogen and oxygen atoms in total. The van der Waals surface area contributed by atoms with E-state index in [0.717, 1.165) is 17.9 Å². The number of rotatable bonds is 5. The van der Waals surface area contributed by atoms with E-state index in [-0.39, 0.29) is 16.5 Å². The van der Waals surface area contributed by atoms with Gasteiger partial charge in [0.05, 0.1) is 17.4 Å². The van der Waals surface area contributed by atoms with E-state index in [9.17, 15) is 10.1 Å². The molecule has 0 saturated heterocycles. The lowest BCUT2D eigenvalue weighted by atomic mass is 10.0. The smallest absolute Gasteiger partial charge is 0.279 e. The molecule has 2 rings (SSSR count). The Balaban J connectivity index is 2.83. The Bertz CT molecular complexity index is 683. The molecule has 21 heavy (non-hydrogen) atoms. The fraction of sp³-hybridized carbons (Fsp3) is 0.400. The summed E-state index contributed by atoms with van der Waals surface area (Å²) >= 11 is 0. The average molecular weight is 289 g/mol. The monoisotopic (exact) mass is 289 g/mol. The third-order valence-electron chi connectivity index (χ3n) is 3.34. The maximum atomic E-state index is 11.2. The van der Waals surface area contributed by atoms with Crippen molar-refractivity contribution in [3.63, 3.8) is 0 Å². The second kappa shape index (κ2) is 5.95. The first kappa shape index (κ1) is 15.0. The van der Waals surface area contributed by atoms with Crippen molar-refractivity contribution in [2.75, 3.05) is 19.0 Å². The Kier molecular flexibility index (Phi) is 4.26. The number of nitrogens with one attached hydrogen (secondary N) is 1. The van der Waals surface area contributed by atoms with E-state index < -0.39 is 0 Å². The second-order valence-electron chi connectivity index (χ2n) is 5.05. The largest absolute Gasteiger partial charge is 0.494 e. The molecule has 0 atom stereocenters. The summed E-state index contributed by atoms with van der Waals surface area (Å²) in [5.41, 5.74) is 1.51. The lowest BCUT2D eigenvalue weighted by molar-refractivity contribution is -0.383. The van der Waals surface area contributed by atoms with Gasteiger partial charge in [-0.1, -0.05) is 13.8 Å². The van der Waals surface area contributed by atoms with Gasteiger partial charge in [0.15, 0.2) is 0 Å². The number of aromatic nitrogens is 1. The van der Waals surface area contributed by atoms with Crippen LogP contribution in [0, 0.1) is 10.1 Å². The predicted molar refractivity (Wildman–Crippen MR) is 83.2 cm³/mol. The number of hydrogen-bond acceptors (Lipinski definition) is 5. The Hall–Kier alpha value is -2.37. The molecular formula is C15H19N3O3. The number of anilines is 1. The number of ether oxygens (including phenoxy) is 1. The van der Waals surface area contributed by atoms with Gasteiger partial charge in [-0.2, -0.15) is 0 Å². The Morgan fingerprint density at radius 1 is 1.43 bits per heavy atom. The Morgan fingerprint density at radius 2 is 2.14 bits per heavy atom. The number of non-ortho nitro benzene ring substituents is 1. The van der Waals surface area contributed by atoms with Gasteiger partial charge >= 0.3 is 0 Å². The van der Waals surface area contributed by atoms with E-state index in [4.69, 9.17) is 4.74 Å². The Morgan fingerprint density at radius 3 is 2.67 bits per heavy atom. The van der Waals surface area contributed by atoms with Crippen LogP contribution in [0.3, 0.4) is 0 Å². The van der Waals surface area contributed by atoms with Crippen LogP contribution in [0.25, 0.3) is 10.9 Å². The van der Waals surface area contributed by atoms with Gasteiger partial charge in [0, 0.05) is 12.6 Å². The van der Waals surface area contributed by atoms with Gasteiger partial charge in [0.25, 0.3) is 5.69 Å². The number of pyridine rings is 1. The number of nitro benzene ring substituents is 1. The first-order valence-electron chi connectivity index (χ1n) is 6.89. The zero-order valence-corrected chi connectivity index (χ0v) is 12.6. The lowest BCUT2D eigenvalue weighted by Gasteiger charge is -2.15. The minimum atomic E-state index is -0.388. The zero-order valence-electron chi connectivity index (χ0n) is 12.6. The minimum absolute atomic E-state index is 0.0447. The van der Waals surface area contributed by atoms with Crippen molar-refractivity contribution in [2.24, 2.45) is 0 Å². The third-order valence-corrected chi connectivity index (χ3v) is 3.34. The topological polar surface area (TPSA) is 77.3 Å². The van der Waals surface area contributed by atoms with Crippen molar-refractivity contribution >= 4 is 22.4 Å². The van der Waals surface area contributed by atoms with Crippen LogP contribution < -0.4 is 10.1 Å². The van der Waals surface area contributed by atoms with E-state index in [2.05, 4.69) is 10.3 Å². The van der Waals surface area contributed by atoms with Crippen LogP contribution in [-0.4, -0.2) is 23.6 Å². The molecule has 0 amide bonds. The van der Waals surface area contributed by atoms with Gasteiger partial charge < -0.3 is 10.1 Å². The molecule has 0 fully saturated rings. The normalized spacial score (nSPS) is 10.9. The number of nitrogens with zero attached hydrogens (tertiary/aromatic N) is 2. The fourth-order valence-electron chi connectivity index (χ4n) is 2.31. The van der Waals surface area contributed by atoms with Gasteiger partial charge in [-0.15, -0.1) is 0 Å². The molecule has 1 heterocycles. The molecule has 0 spiro atoms. The predicted octanol–water partition coefficient (Wildman–Crippen LogP) is 3.71. The highest BCUT2D eigenvalue weighted by molar-refractivity contribution is 5.94. The van der Waals surface area contributed by atoms with E-state index in [1.165, 1.54) is 13.2 Å². The molecule has 0 radical (unpaired) electrons. The standard InChI is InChI=1S/C15H19N3O3/c1-5-16-15-10(9(2)3)8-11-12(18(19)20)6-7-13(21-4)14(11)17-15/h6-9H,5H2,1-4H3,(H,16,17). The fourth-order valence-corrected chi connectivity index (χ4v) is 2.31. The highest BCUT2D eigenvalue weighted by Gasteiger charge is 2.19. The van der Waals surface area contributed by atoms with Crippen molar-refractivity contribution in [1.29, 1.82) is 0 Å². The molecule has 0 unspecified atom stereocenters. The molecule has 112 valence electrons. The molecule has 2 aromatic rings. The van der Waals surface area contributed by atoms with Gasteiger partial charge in [0.1, 0.15) is 17.1 Å². The summed E-state index contributed by atoms with van der Waals surface area (Å²) in [5, 5.41) is 14.9. The summed E-state index contributed by atoms with van der Waals surface area (Å²) in [7, 11) is 1.53. The van der Waals surface area contributed by atoms with Crippen molar-refractivity contribution in [1.82, 2.24) is 4.98 Å². The number of methoxy groups -OCH3 is 1. The highest BCUT2D eigenvalue weighted by Crippen LogP contribution is 2.36. The maximum absolute atomic E-state index is 11.2. The minimum Gasteiger partial charge on any atom is -0.494 e. The molecule has 0 aliphatic carbocycles. The SMILES string of the molecule is CCNc1nc2c(OC)ccc([N+](=O)[O-])c2cc1C(C)C. The van der Waals surface area contributed by atoms with E-state index in [1.807, 2.05) is 26.8 Å². The molecule has 1 aromatic carbocycles. The second-order valence-corrected chi connectivity index (χ2v) is 5.05. The molecule has 1 aromatic heterocycles. The quantitative estimate of drug-likeness (QED) is 0.670. The van der Waals surface area contributed by atoms with E-state index >= 15 is 0 Å². The molecule has 0 aliphatic heterocycles. The van der Waals surface area contributed by atoms with Crippen LogP contribution in [0.2, 0.25) is 0 Å². The third kappa shape index (κ3) is 2.74. The maximum Gasteiger partial charge on any atom is 0.279 e. The van der Waals surface area contributed by atoms with Crippen LogP contribution in [-0.2, 0) is 0 Å². The van der Waals surface area contributed by atoms with Crippen LogP contribution >= 0.6 is 0 Å².